The van der Waals surface area contributed by atoms with Gasteiger partial charge in [0, 0.05) is 12.6 Å². The zero-order valence-electron chi connectivity index (χ0n) is 12.5. The van der Waals surface area contributed by atoms with Crippen LogP contribution in [0.25, 0.3) is 0 Å². The number of carbonyl (C=O) groups excluding carboxylic acids is 1. The highest BCUT2D eigenvalue weighted by Gasteiger charge is 2.30. The number of amides is 1. The molecule has 106 valence electrons. The van der Waals surface area contributed by atoms with Gasteiger partial charge in [-0.1, -0.05) is 31.2 Å². The predicted octanol–water partition coefficient (Wildman–Crippen LogP) is 2.42. The summed E-state index contributed by atoms with van der Waals surface area (Å²) in [6.07, 6.45) is 1.61. The van der Waals surface area contributed by atoms with Crippen LogP contribution >= 0.6 is 0 Å². The Morgan fingerprint density at radius 2 is 2.05 bits per heavy atom. The molecule has 3 heteroatoms. The molecule has 0 aliphatic rings. The molecule has 19 heavy (non-hydrogen) atoms. The molecule has 0 radical (unpaired) electrons. The van der Waals surface area contributed by atoms with Gasteiger partial charge in [-0.2, -0.15) is 0 Å². The number of hydrogen-bond acceptors (Lipinski definition) is 2. The average molecular weight is 262 g/mol. The minimum Gasteiger partial charge on any atom is -0.353 e. The minimum absolute atomic E-state index is 0.0542. The lowest BCUT2D eigenvalue weighted by atomic mass is 9.86. The van der Waals surface area contributed by atoms with E-state index in [9.17, 15) is 4.79 Å². The topological polar surface area (TPSA) is 55.1 Å². The zero-order chi connectivity index (χ0) is 14.5. The maximum absolute atomic E-state index is 12.2. The van der Waals surface area contributed by atoms with Gasteiger partial charge in [-0.25, -0.2) is 0 Å². The summed E-state index contributed by atoms with van der Waals surface area (Å²) in [7, 11) is 0. The van der Waals surface area contributed by atoms with Crippen molar-refractivity contribution < 1.29 is 4.79 Å². The van der Waals surface area contributed by atoms with E-state index in [4.69, 9.17) is 5.73 Å². The summed E-state index contributed by atoms with van der Waals surface area (Å²) >= 11 is 0. The van der Waals surface area contributed by atoms with Crippen LogP contribution in [0.4, 0.5) is 0 Å². The number of nitrogens with two attached hydrogens (primary N) is 1. The summed E-state index contributed by atoms with van der Waals surface area (Å²) < 4.78 is 0. The first kappa shape index (κ1) is 15.7. The Balaban J connectivity index is 2.63. The summed E-state index contributed by atoms with van der Waals surface area (Å²) in [5.74, 6) is 0.0542. The Bertz CT molecular complexity index is 425. The molecule has 0 spiro atoms. The number of benzene rings is 1. The number of aryl methyl sites for hydroxylation is 1. The molecule has 0 fully saturated rings. The third-order valence-electron chi connectivity index (χ3n) is 3.94. The van der Waals surface area contributed by atoms with E-state index in [0.29, 0.717) is 6.54 Å². The SMILES string of the molecule is CCC(C)(CN)C(=O)NC(C)Cc1ccccc1C. The summed E-state index contributed by atoms with van der Waals surface area (Å²) in [6, 6.07) is 8.39. The van der Waals surface area contributed by atoms with E-state index >= 15 is 0 Å². The fraction of sp³-hybridized carbons (Fsp3) is 0.562. The second-order valence-corrected chi connectivity index (χ2v) is 5.62. The normalized spacial score (nSPS) is 15.6. The van der Waals surface area contributed by atoms with Gasteiger partial charge in [0.1, 0.15) is 0 Å². The Kier molecular flexibility index (Phi) is 5.55. The average Bonchev–Trinajstić information content (AvgIpc) is 2.40. The molecule has 2 atom stereocenters. The maximum Gasteiger partial charge on any atom is 0.227 e. The fourth-order valence-corrected chi connectivity index (χ4v) is 2.02. The van der Waals surface area contributed by atoms with Crippen molar-refractivity contribution >= 4 is 5.91 Å². The van der Waals surface area contributed by atoms with E-state index in [2.05, 4.69) is 24.4 Å². The smallest absolute Gasteiger partial charge is 0.227 e. The van der Waals surface area contributed by atoms with Crippen molar-refractivity contribution in [1.29, 1.82) is 0 Å². The molecule has 3 N–H and O–H groups in total. The quantitative estimate of drug-likeness (QED) is 0.827. The van der Waals surface area contributed by atoms with E-state index in [1.165, 1.54) is 11.1 Å². The van der Waals surface area contributed by atoms with Gasteiger partial charge in [0.05, 0.1) is 5.41 Å². The second-order valence-electron chi connectivity index (χ2n) is 5.62. The van der Waals surface area contributed by atoms with Crippen LogP contribution < -0.4 is 11.1 Å². The van der Waals surface area contributed by atoms with Crippen molar-refractivity contribution in [3.05, 3.63) is 35.4 Å². The highest BCUT2D eigenvalue weighted by molar-refractivity contribution is 5.82. The van der Waals surface area contributed by atoms with Gasteiger partial charge in [-0.15, -0.1) is 0 Å². The molecule has 1 amide bonds. The Morgan fingerprint density at radius 3 is 2.58 bits per heavy atom. The van der Waals surface area contributed by atoms with E-state index in [1.807, 2.05) is 32.9 Å². The van der Waals surface area contributed by atoms with Gasteiger partial charge in [0.15, 0.2) is 0 Å². The molecule has 0 saturated heterocycles. The van der Waals surface area contributed by atoms with Crippen molar-refractivity contribution in [1.82, 2.24) is 5.32 Å². The van der Waals surface area contributed by atoms with E-state index in [-0.39, 0.29) is 11.9 Å². The highest BCUT2D eigenvalue weighted by atomic mass is 16.2. The van der Waals surface area contributed by atoms with Gasteiger partial charge >= 0.3 is 0 Å². The van der Waals surface area contributed by atoms with Crippen molar-refractivity contribution in [2.24, 2.45) is 11.1 Å². The van der Waals surface area contributed by atoms with Gasteiger partial charge in [-0.05, 0) is 44.7 Å². The summed E-state index contributed by atoms with van der Waals surface area (Å²) in [5, 5.41) is 3.08. The molecule has 0 aliphatic heterocycles. The van der Waals surface area contributed by atoms with Crippen molar-refractivity contribution in [2.75, 3.05) is 6.54 Å². The molecule has 0 aliphatic carbocycles. The zero-order valence-corrected chi connectivity index (χ0v) is 12.5. The van der Waals surface area contributed by atoms with Crippen LogP contribution in [0.15, 0.2) is 24.3 Å². The maximum atomic E-state index is 12.2. The van der Waals surface area contributed by atoms with E-state index in [0.717, 1.165) is 12.8 Å². The Labute approximate surface area is 116 Å². The molecule has 0 bridgehead atoms. The van der Waals surface area contributed by atoms with Gasteiger partial charge in [-0.3, -0.25) is 4.79 Å². The third kappa shape index (κ3) is 4.06. The van der Waals surface area contributed by atoms with Crippen LogP contribution in [0.5, 0.6) is 0 Å². The fourth-order valence-electron chi connectivity index (χ4n) is 2.02. The van der Waals surface area contributed by atoms with Crippen LogP contribution in [0.3, 0.4) is 0 Å². The highest BCUT2D eigenvalue weighted by Crippen LogP contribution is 2.20. The molecule has 1 aromatic carbocycles. The summed E-state index contributed by atoms with van der Waals surface area (Å²) in [6.45, 7) is 8.44. The number of rotatable bonds is 6. The molecule has 0 saturated carbocycles. The monoisotopic (exact) mass is 262 g/mol. The molecule has 2 unspecified atom stereocenters. The van der Waals surface area contributed by atoms with Crippen LogP contribution in [0.2, 0.25) is 0 Å². The summed E-state index contributed by atoms with van der Waals surface area (Å²) in [5.41, 5.74) is 7.80. The second kappa shape index (κ2) is 6.71. The molecular weight excluding hydrogens is 236 g/mol. The van der Waals surface area contributed by atoms with Gasteiger partial charge in [0.2, 0.25) is 5.91 Å². The molecule has 3 nitrogen and oxygen atoms in total. The lowest BCUT2D eigenvalue weighted by molar-refractivity contribution is -0.130. The first-order valence-electron chi connectivity index (χ1n) is 6.98. The number of carbonyl (C=O) groups is 1. The molecule has 0 aromatic heterocycles. The number of nitrogens with one attached hydrogen (secondary N) is 1. The lowest BCUT2D eigenvalue weighted by Crippen LogP contribution is -2.47. The van der Waals surface area contributed by atoms with Crippen molar-refractivity contribution in [3.8, 4) is 0 Å². The van der Waals surface area contributed by atoms with Crippen molar-refractivity contribution in [2.45, 2.75) is 46.6 Å². The standard InChI is InChI=1S/C16H26N2O/c1-5-16(4,11-17)15(19)18-13(3)10-14-9-7-6-8-12(14)2/h6-9,13H,5,10-11,17H2,1-4H3,(H,18,19). The largest absolute Gasteiger partial charge is 0.353 e. The van der Waals surface area contributed by atoms with Crippen LogP contribution in [0, 0.1) is 12.3 Å². The Hall–Kier alpha value is -1.35. The summed E-state index contributed by atoms with van der Waals surface area (Å²) in [4.78, 5) is 12.2. The minimum atomic E-state index is -0.458. The molecular formula is C16H26N2O. The first-order valence-corrected chi connectivity index (χ1v) is 6.98. The van der Waals surface area contributed by atoms with Crippen LogP contribution in [-0.2, 0) is 11.2 Å². The van der Waals surface area contributed by atoms with Crippen LogP contribution in [-0.4, -0.2) is 18.5 Å². The Morgan fingerprint density at radius 1 is 1.42 bits per heavy atom. The molecule has 1 rings (SSSR count). The third-order valence-corrected chi connectivity index (χ3v) is 3.94. The van der Waals surface area contributed by atoms with E-state index in [1.54, 1.807) is 0 Å². The number of hydrogen-bond donors (Lipinski definition) is 2. The van der Waals surface area contributed by atoms with Gasteiger partial charge < -0.3 is 11.1 Å². The molecule has 1 aromatic rings. The predicted molar refractivity (Wildman–Crippen MR) is 79.9 cm³/mol. The van der Waals surface area contributed by atoms with Crippen molar-refractivity contribution in [3.63, 3.8) is 0 Å². The lowest BCUT2D eigenvalue weighted by Gasteiger charge is -2.27. The molecule has 0 heterocycles. The van der Waals surface area contributed by atoms with Gasteiger partial charge in [0.25, 0.3) is 0 Å². The van der Waals surface area contributed by atoms with Crippen LogP contribution in [0.1, 0.15) is 38.3 Å². The van der Waals surface area contributed by atoms with E-state index < -0.39 is 5.41 Å². The first-order chi connectivity index (χ1) is 8.92.